The van der Waals surface area contributed by atoms with E-state index in [1.807, 2.05) is 30.3 Å². The molecule has 1 aliphatic heterocycles. The lowest BCUT2D eigenvalue weighted by atomic mass is 9.89. The van der Waals surface area contributed by atoms with Gasteiger partial charge in [0, 0.05) is 31.3 Å². The summed E-state index contributed by atoms with van der Waals surface area (Å²) in [7, 11) is 1.43. The maximum Gasteiger partial charge on any atom is 0.295 e. The van der Waals surface area contributed by atoms with E-state index in [2.05, 4.69) is 31.7 Å². The number of nitrogens with zero attached hydrogens (tertiary/aromatic N) is 4. The fourth-order valence-corrected chi connectivity index (χ4v) is 5.02. The van der Waals surface area contributed by atoms with Crippen molar-refractivity contribution in [3.63, 3.8) is 0 Å². The number of piperidine rings is 1. The zero-order chi connectivity index (χ0) is 32.6. The van der Waals surface area contributed by atoms with Gasteiger partial charge in [-0.25, -0.2) is 9.98 Å². The predicted octanol–water partition coefficient (Wildman–Crippen LogP) is 3.30. The summed E-state index contributed by atoms with van der Waals surface area (Å²) in [6.07, 6.45) is 5.35. The lowest BCUT2D eigenvalue weighted by Crippen LogP contribution is -2.40. The number of Topliss-reactive ketones (excluding diaryl/α,β-unsaturated/α-hetero) is 1. The highest BCUT2D eigenvalue weighted by Gasteiger charge is 2.30. The average molecular weight is 613 g/mol. The highest BCUT2D eigenvalue weighted by molar-refractivity contribution is 6.45. The van der Waals surface area contributed by atoms with E-state index >= 15 is 0 Å². The number of methoxy groups -OCH3 is 1. The van der Waals surface area contributed by atoms with Crippen molar-refractivity contribution in [2.24, 2.45) is 10.4 Å². The van der Waals surface area contributed by atoms with Gasteiger partial charge in [0.15, 0.2) is 5.82 Å². The molecular formula is C32H36N8O5. The van der Waals surface area contributed by atoms with Crippen LogP contribution in [0.15, 0.2) is 53.3 Å². The smallest absolute Gasteiger partial charge is 0.295 e. The number of amidine groups is 1. The van der Waals surface area contributed by atoms with Crippen LogP contribution < -0.4 is 15.4 Å². The monoisotopic (exact) mass is 612 g/mol. The molecule has 1 saturated heterocycles. The third kappa shape index (κ3) is 7.42. The first kappa shape index (κ1) is 32.6. The van der Waals surface area contributed by atoms with E-state index in [1.54, 1.807) is 13.8 Å². The number of aromatic nitrogens is 2. The standard InChI is InChI=1S/C32H36N8O5/c1-32(2,11-14-41)31(44)37-18-25(34)38-19-39-29-27-26(24(45-3)17-36-29)23(16-35-27)28(42)30(43)40-12-9-21(10-13-40)22(15-33)20-7-5-4-6-8-20/h4-8,16-17,19,35,41H,9-14,18H2,1-3H3,(H,37,44)(H2,34,36,38,39). The molecule has 3 heterocycles. The van der Waals surface area contributed by atoms with Gasteiger partial charge >= 0.3 is 0 Å². The lowest BCUT2D eigenvalue weighted by molar-refractivity contribution is -0.129. The van der Waals surface area contributed by atoms with Crippen molar-refractivity contribution in [1.82, 2.24) is 20.2 Å². The van der Waals surface area contributed by atoms with Crippen LogP contribution in [0.4, 0.5) is 5.82 Å². The zero-order valence-electron chi connectivity index (χ0n) is 25.4. The minimum absolute atomic E-state index is 0.113. The Kier molecular flexibility index (Phi) is 10.4. The Hall–Kier alpha value is -5.35. The number of pyridine rings is 1. The van der Waals surface area contributed by atoms with Crippen LogP contribution >= 0.6 is 0 Å². The van der Waals surface area contributed by atoms with Gasteiger partial charge < -0.3 is 30.4 Å². The normalized spacial score (nSPS) is 13.4. The topological polar surface area (TPSA) is 197 Å². The second-order valence-electron chi connectivity index (χ2n) is 11.1. The number of hydrogen-bond acceptors (Lipinski definition) is 8. The Labute approximate surface area is 260 Å². The SMILES string of the molecule is COc1cnc(N/C=N\C(=N)CNC(=O)C(C)(C)CCO)c2[nH]cc(C(=O)C(=O)N3CCC(=C(C#N)c4ccccc4)CC3)c12. The number of nitriles is 1. The Morgan fingerprint density at radius 1 is 1.24 bits per heavy atom. The number of aliphatic imine (C=N–C) groups is 1. The Balaban J connectivity index is 1.44. The summed E-state index contributed by atoms with van der Waals surface area (Å²) in [6, 6.07) is 11.7. The minimum Gasteiger partial charge on any atom is -0.494 e. The van der Waals surface area contributed by atoms with Crippen LogP contribution in [0.3, 0.4) is 0 Å². The van der Waals surface area contributed by atoms with Gasteiger partial charge in [0.25, 0.3) is 11.7 Å². The van der Waals surface area contributed by atoms with Gasteiger partial charge in [-0.15, -0.1) is 0 Å². The van der Waals surface area contributed by atoms with Gasteiger partial charge in [-0.1, -0.05) is 44.2 Å². The first-order valence-corrected chi connectivity index (χ1v) is 14.4. The molecule has 2 amide bonds. The van der Waals surface area contributed by atoms with Crippen molar-refractivity contribution in [3.8, 4) is 11.8 Å². The van der Waals surface area contributed by atoms with Crippen molar-refractivity contribution in [1.29, 1.82) is 10.7 Å². The number of carbonyl (C=O) groups excluding carboxylic acids is 3. The summed E-state index contributed by atoms with van der Waals surface area (Å²) in [4.78, 5) is 51.9. The maximum absolute atomic E-state index is 13.5. The number of nitrogens with one attached hydrogen (secondary N) is 4. The quantitative estimate of drug-likeness (QED) is 0.0714. The Morgan fingerprint density at radius 2 is 1.96 bits per heavy atom. The summed E-state index contributed by atoms with van der Waals surface area (Å²) >= 11 is 0. The van der Waals surface area contributed by atoms with E-state index in [-0.39, 0.29) is 48.4 Å². The van der Waals surface area contributed by atoms with Crippen LogP contribution in [0.25, 0.3) is 16.5 Å². The van der Waals surface area contributed by atoms with Gasteiger partial charge in [0.2, 0.25) is 5.91 Å². The van der Waals surface area contributed by atoms with Crippen LogP contribution in [-0.4, -0.2) is 83.1 Å². The number of allylic oxidation sites excluding steroid dienone is 1. The van der Waals surface area contributed by atoms with Crippen molar-refractivity contribution >= 4 is 52.1 Å². The van der Waals surface area contributed by atoms with E-state index < -0.39 is 17.1 Å². The number of H-pyrrole nitrogens is 1. The van der Waals surface area contributed by atoms with E-state index in [4.69, 9.17) is 15.3 Å². The molecule has 234 valence electrons. The van der Waals surface area contributed by atoms with E-state index in [1.165, 1.54) is 30.7 Å². The van der Waals surface area contributed by atoms with Crippen molar-refractivity contribution < 1.29 is 24.2 Å². The number of benzene rings is 1. The van der Waals surface area contributed by atoms with Gasteiger partial charge in [-0.05, 0) is 30.4 Å². The first-order chi connectivity index (χ1) is 21.6. The van der Waals surface area contributed by atoms with Gasteiger partial charge in [0.05, 0.1) is 54.3 Å². The van der Waals surface area contributed by atoms with Gasteiger partial charge in [-0.3, -0.25) is 19.8 Å². The molecule has 45 heavy (non-hydrogen) atoms. The fourth-order valence-electron chi connectivity index (χ4n) is 5.02. The molecule has 1 aliphatic rings. The molecule has 0 unspecified atom stereocenters. The maximum atomic E-state index is 13.5. The largest absolute Gasteiger partial charge is 0.494 e. The summed E-state index contributed by atoms with van der Waals surface area (Å²) in [5, 5.41) is 32.8. The second-order valence-corrected chi connectivity index (χ2v) is 11.1. The number of aromatic amines is 1. The highest BCUT2D eigenvalue weighted by Crippen LogP contribution is 2.33. The molecule has 13 heteroatoms. The van der Waals surface area contributed by atoms with E-state index in [0.29, 0.717) is 42.4 Å². The number of ketones is 1. The number of anilines is 1. The second kappa shape index (κ2) is 14.4. The average Bonchev–Trinajstić information content (AvgIpc) is 3.50. The van der Waals surface area contributed by atoms with Gasteiger partial charge in [0.1, 0.15) is 11.6 Å². The number of hydrogen-bond donors (Lipinski definition) is 5. The highest BCUT2D eigenvalue weighted by atomic mass is 16.5. The fraction of sp³-hybridized carbons (Fsp3) is 0.344. The van der Waals surface area contributed by atoms with Gasteiger partial charge in [-0.2, -0.15) is 5.26 Å². The molecule has 3 aromatic rings. The van der Waals surface area contributed by atoms with Crippen LogP contribution in [0, 0.1) is 22.2 Å². The number of amides is 2. The zero-order valence-corrected chi connectivity index (χ0v) is 25.4. The number of fused-ring (bicyclic) bond motifs is 1. The van der Waals surface area contributed by atoms with Crippen LogP contribution in [0.2, 0.25) is 0 Å². The lowest BCUT2D eigenvalue weighted by Gasteiger charge is -2.28. The summed E-state index contributed by atoms with van der Waals surface area (Å²) in [5.41, 5.74) is 2.14. The number of rotatable bonds is 11. The summed E-state index contributed by atoms with van der Waals surface area (Å²) < 4.78 is 5.45. The summed E-state index contributed by atoms with van der Waals surface area (Å²) in [6.45, 7) is 3.79. The molecule has 0 spiro atoms. The number of aliphatic hydroxyl groups is 1. The van der Waals surface area contributed by atoms with Crippen LogP contribution in [0.5, 0.6) is 5.75 Å². The Bertz CT molecular complexity index is 1690. The molecule has 0 atom stereocenters. The summed E-state index contributed by atoms with van der Waals surface area (Å²) in [5.74, 6) is -1.22. The molecule has 0 bridgehead atoms. The van der Waals surface area contributed by atoms with Crippen LogP contribution in [0.1, 0.15) is 49.0 Å². The van der Waals surface area contributed by atoms with E-state index in [9.17, 15) is 19.6 Å². The number of carbonyl (C=O) groups is 3. The third-order valence-corrected chi connectivity index (χ3v) is 7.70. The van der Waals surface area contributed by atoms with E-state index in [0.717, 1.165) is 11.1 Å². The Morgan fingerprint density at radius 3 is 2.60 bits per heavy atom. The first-order valence-electron chi connectivity index (χ1n) is 14.4. The molecule has 5 N–H and O–H groups in total. The predicted molar refractivity (Wildman–Crippen MR) is 170 cm³/mol. The number of ether oxygens (including phenoxy) is 1. The molecule has 1 fully saturated rings. The third-order valence-electron chi connectivity index (χ3n) is 7.70. The molecule has 4 rings (SSSR count). The van der Waals surface area contributed by atoms with Crippen molar-refractivity contribution in [2.45, 2.75) is 33.1 Å². The molecule has 13 nitrogen and oxygen atoms in total. The number of aliphatic hydroxyl groups excluding tert-OH is 1. The van der Waals surface area contributed by atoms with Crippen LogP contribution in [-0.2, 0) is 9.59 Å². The van der Waals surface area contributed by atoms with Crippen molar-refractivity contribution in [2.75, 3.05) is 38.7 Å². The number of likely N-dealkylation sites (tertiary alicyclic amines) is 1. The molecule has 1 aromatic carbocycles. The molecule has 0 aliphatic carbocycles. The van der Waals surface area contributed by atoms with Crippen molar-refractivity contribution in [3.05, 3.63) is 59.4 Å². The minimum atomic E-state index is -0.781. The molecule has 0 radical (unpaired) electrons. The molecule has 2 aromatic heterocycles. The molecular weight excluding hydrogens is 576 g/mol. The molecule has 0 saturated carbocycles.